The van der Waals surface area contributed by atoms with Crippen molar-refractivity contribution >= 4 is 45.2 Å². The predicted molar refractivity (Wildman–Crippen MR) is 93.0 cm³/mol. The zero-order chi connectivity index (χ0) is 16.8. The number of carboxylic acids is 1. The minimum Gasteiger partial charge on any atom is -0.481 e. The number of anilines is 1. The van der Waals surface area contributed by atoms with E-state index in [-0.39, 0.29) is 11.3 Å². The lowest BCUT2D eigenvalue weighted by molar-refractivity contribution is -0.140. The first-order chi connectivity index (χ1) is 11.5. The Labute approximate surface area is 142 Å². The molecule has 0 spiro atoms. The van der Waals surface area contributed by atoms with Gasteiger partial charge in [0.15, 0.2) is 5.58 Å². The Morgan fingerprint density at radius 2 is 2.08 bits per heavy atom. The Hall–Kier alpha value is -2.53. The summed E-state index contributed by atoms with van der Waals surface area (Å²) in [6, 6.07) is 10.4. The molecule has 0 radical (unpaired) electrons. The van der Waals surface area contributed by atoms with Gasteiger partial charge in [0.25, 0.3) is 0 Å². The van der Waals surface area contributed by atoms with E-state index < -0.39 is 5.97 Å². The van der Waals surface area contributed by atoms with E-state index in [1.54, 1.807) is 30.3 Å². The minimum atomic E-state index is -0.775. The van der Waals surface area contributed by atoms with Crippen molar-refractivity contribution in [3.63, 3.8) is 0 Å². The fourth-order valence-corrected chi connectivity index (χ4v) is 3.44. The normalized spacial score (nSPS) is 17.7. The van der Waals surface area contributed by atoms with Crippen molar-refractivity contribution in [2.45, 2.75) is 6.42 Å². The highest BCUT2D eigenvalue weighted by atomic mass is 35.5. The van der Waals surface area contributed by atoms with Crippen molar-refractivity contribution in [2.24, 2.45) is 5.92 Å². The number of carbonyl (C=O) groups is 1. The average molecular weight is 344 g/mol. The standard InChI is InChI=1S/C18H14ClNO4/c19-14-3-1-2-13-16(21)12-5-4-11(8-15(12)24-17(13)14)20-7-6-10(9-20)18(22)23/h1-5,8,10H,6-7,9H2,(H,22,23). The Bertz CT molecular complexity index is 1030. The van der Waals surface area contributed by atoms with Crippen LogP contribution in [0.15, 0.2) is 45.6 Å². The third-order valence-corrected chi connectivity index (χ3v) is 4.83. The van der Waals surface area contributed by atoms with Gasteiger partial charge in [-0.05, 0) is 30.7 Å². The quantitative estimate of drug-likeness (QED) is 0.721. The summed E-state index contributed by atoms with van der Waals surface area (Å²) in [7, 11) is 0. The van der Waals surface area contributed by atoms with E-state index in [1.807, 2.05) is 11.0 Å². The highest BCUT2D eigenvalue weighted by molar-refractivity contribution is 6.34. The first-order valence-electron chi connectivity index (χ1n) is 7.67. The molecular formula is C18H14ClNO4. The second kappa shape index (κ2) is 5.53. The van der Waals surface area contributed by atoms with Crippen molar-refractivity contribution in [3.8, 4) is 0 Å². The summed E-state index contributed by atoms with van der Waals surface area (Å²) < 4.78 is 5.86. The van der Waals surface area contributed by atoms with Crippen molar-refractivity contribution in [3.05, 3.63) is 51.6 Å². The predicted octanol–water partition coefficient (Wildman–Crippen LogP) is 3.51. The number of carboxylic acid groups (broad SMARTS) is 1. The maximum absolute atomic E-state index is 12.6. The molecule has 1 saturated heterocycles. The number of hydrogen-bond donors (Lipinski definition) is 1. The van der Waals surface area contributed by atoms with Crippen molar-refractivity contribution in [1.29, 1.82) is 0 Å². The van der Waals surface area contributed by atoms with Gasteiger partial charge in [0.1, 0.15) is 5.58 Å². The Kier molecular flexibility index (Phi) is 3.46. The molecule has 4 rings (SSSR count). The molecule has 0 amide bonds. The molecule has 5 nitrogen and oxygen atoms in total. The van der Waals surface area contributed by atoms with E-state index in [4.69, 9.17) is 21.1 Å². The van der Waals surface area contributed by atoms with E-state index in [0.717, 1.165) is 5.69 Å². The van der Waals surface area contributed by atoms with Gasteiger partial charge in [-0.25, -0.2) is 0 Å². The van der Waals surface area contributed by atoms with Crippen molar-refractivity contribution in [2.75, 3.05) is 18.0 Å². The number of hydrogen-bond acceptors (Lipinski definition) is 4. The van der Waals surface area contributed by atoms with Gasteiger partial charge in [-0.3, -0.25) is 9.59 Å². The summed E-state index contributed by atoms with van der Waals surface area (Å²) in [6.07, 6.45) is 0.612. The second-order valence-corrected chi connectivity index (χ2v) is 6.41. The third kappa shape index (κ3) is 2.32. The van der Waals surface area contributed by atoms with Gasteiger partial charge in [-0.15, -0.1) is 0 Å². The molecule has 1 aliphatic rings. The van der Waals surface area contributed by atoms with Crippen molar-refractivity contribution in [1.82, 2.24) is 0 Å². The molecule has 24 heavy (non-hydrogen) atoms. The Morgan fingerprint density at radius 3 is 2.83 bits per heavy atom. The fraction of sp³-hybridized carbons (Fsp3) is 0.222. The molecule has 3 aromatic rings. The first kappa shape index (κ1) is 15.0. The van der Waals surface area contributed by atoms with Crippen LogP contribution < -0.4 is 10.3 Å². The van der Waals surface area contributed by atoms with E-state index in [2.05, 4.69) is 0 Å². The van der Waals surface area contributed by atoms with E-state index >= 15 is 0 Å². The van der Waals surface area contributed by atoms with Crippen LogP contribution >= 0.6 is 11.6 Å². The molecule has 122 valence electrons. The molecule has 1 aliphatic heterocycles. The zero-order valence-electron chi connectivity index (χ0n) is 12.7. The van der Waals surface area contributed by atoms with Gasteiger partial charge in [0.05, 0.1) is 21.7 Å². The van der Waals surface area contributed by atoms with Crippen LogP contribution in [0.25, 0.3) is 21.9 Å². The van der Waals surface area contributed by atoms with Crippen molar-refractivity contribution < 1.29 is 14.3 Å². The molecule has 1 aromatic heterocycles. The van der Waals surface area contributed by atoms with Gasteiger partial charge in [-0.2, -0.15) is 0 Å². The number of benzene rings is 2. The van der Waals surface area contributed by atoms with E-state index in [0.29, 0.717) is 46.5 Å². The fourth-order valence-electron chi connectivity index (χ4n) is 3.22. The number of para-hydroxylation sites is 1. The summed E-state index contributed by atoms with van der Waals surface area (Å²) in [4.78, 5) is 25.7. The minimum absolute atomic E-state index is 0.120. The maximum atomic E-state index is 12.6. The lowest BCUT2D eigenvalue weighted by Gasteiger charge is -2.18. The number of halogens is 1. The van der Waals surface area contributed by atoms with Crippen LogP contribution in [0.3, 0.4) is 0 Å². The van der Waals surface area contributed by atoms with Crippen LogP contribution in [0.4, 0.5) is 5.69 Å². The van der Waals surface area contributed by atoms with Crippen LogP contribution in [0.5, 0.6) is 0 Å². The smallest absolute Gasteiger partial charge is 0.308 e. The number of nitrogens with zero attached hydrogens (tertiary/aromatic N) is 1. The molecule has 6 heteroatoms. The lowest BCUT2D eigenvalue weighted by atomic mass is 10.1. The number of rotatable bonds is 2. The second-order valence-electron chi connectivity index (χ2n) is 6.00. The van der Waals surface area contributed by atoms with Crippen LogP contribution in [0, 0.1) is 5.92 Å². The highest BCUT2D eigenvalue weighted by Crippen LogP contribution is 2.29. The van der Waals surface area contributed by atoms with Gasteiger partial charge in [-0.1, -0.05) is 17.7 Å². The molecule has 2 aromatic carbocycles. The molecule has 0 aliphatic carbocycles. The molecule has 1 atom stereocenters. The molecule has 1 unspecified atom stereocenters. The van der Waals surface area contributed by atoms with Gasteiger partial charge in [0.2, 0.25) is 5.43 Å². The lowest BCUT2D eigenvalue weighted by Crippen LogP contribution is -2.22. The maximum Gasteiger partial charge on any atom is 0.308 e. The number of aliphatic carboxylic acids is 1. The van der Waals surface area contributed by atoms with Crippen LogP contribution in [0.1, 0.15) is 6.42 Å². The summed E-state index contributed by atoms with van der Waals surface area (Å²) in [5.74, 6) is -1.14. The molecule has 0 saturated carbocycles. The van der Waals surface area contributed by atoms with Crippen LogP contribution in [0.2, 0.25) is 5.02 Å². The monoisotopic (exact) mass is 343 g/mol. The number of fused-ring (bicyclic) bond motifs is 2. The Balaban J connectivity index is 1.84. The summed E-state index contributed by atoms with van der Waals surface area (Å²) in [6.45, 7) is 1.13. The Morgan fingerprint density at radius 1 is 1.25 bits per heavy atom. The van der Waals surface area contributed by atoms with E-state index in [1.165, 1.54) is 0 Å². The highest BCUT2D eigenvalue weighted by Gasteiger charge is 2.28. The molecule has 1 N–H and O–H groups in total. The van der Waals surface area contributed by atoms with Crippen LogP contribution in [-0.4, -0.2) is 24.2 Å². The molecular weight excluding hydrogens is 330 g/mol. The third-order valence-electron chi connectivity index (χ3n) is 4.54. The van der Waals surface area contributed by atoms with Gasteiger partial charge < -0.3 is 14.4 Å². The molecule has 2 heterocycles. The topological polar surface area (TPSA) is 70.8 Å². The zero-order valence-corrected chi connectivity index (χ0v) is 13.4. The summed E-state index contributed by atoms with van der Waals surface area (Å²) in [5.41, 5.74) is 1.56. The van der Waals surface area contributed by atoms with Crippen LogP contribution in [-0.2, 0) is 4.79 Å². The SMILES string of the molecule is O=C(O)C1CCN(c2ccc3c(=O)c4cccc(Cl)c4oc3c2)C1. The molecule has 1 fully saturated rings. The summed E-state index contributed by atoms with van der Waals surface area (Å²) >= 11 is 6.14. The van der Waals surface area contributed by atoms with Gasteiger partial charge >= 0.3 is 5.97 Å². The van der Waals surface area contributed by atoms with E-state index in [9.17, 15) is 9.59 Å². The van der Waals surface area contributed by atoms with Gasteiger partial charge in [0, 0.05) is 24.8 Å². The average Bonchev–Trinajstić information content (AvgIpc) is 3.06. The molecule has 0 bridgehead atoms. The summed E-state index contributed by atoms with van der Waals surface area (Å²) in [5, 5.41) is 10.5. The largest absolute Gasteiger partial charge is 0.481 e. The first-order valence-corrected chi connectivity index (χ1v) is 8.05.